The Kier molecular flexibility index (Phi) is 6.50. The van der Waals surface area contributed by atoms with Gasteiger partial charge in [0.15, 0.2) is 0 Å². The number of anilines is 1. The average Bonchev–Trinajstić information content (AvgIpc) is 3.28. The van der Waals surface area contributed by atoms with Crippen LogP contribution in [0.25, 0.3) is 0 Å². The fourth-order valence-electron chi connectivity index (χ4n) is 5.30. The van der Waals surface area contributed by atoms with Gasteiger partial charge in [-0.05, 0) is 69.5 Å². The van der Waals surface area contributed by atoms with Gasteiger partial charge in [-0.1, -0.05) is 12.1 Å². The highest BCUT2D eigenvalue weighted by molar-refractivity contribution is 5.76. The lowest BCUT2D eigenvalue weighted by Gasteiger charge is -2.43. The van der Waals surface area contributed by atoms with E-state index in [0.29, 0.717) is 17.9 Å². The molecular formula is C23H34FN3O. The number of carbonyl (C=O) groups is 1. The molecule has 0 N–H and O–H groups in total. The summed E-state index contributed by atoms with van der Waals surface area (Å²) >= 11 is 0. The van der Waals surface area contributed by atoms with E-state index < -0.39 is 0 Å². The van der Waals surface area contributed by atoms with Crippen molar-refractivity contribution < 1.29 is 9.18 Å². The number of hydrogen-bond acceptors (Lipinski definition) is 3. The monoisotopic (exact) mass is 387 g/mol. The van der Waals surface area contributed by atoms with Gasteiger partial charge in [-0.25, -0.2) is 4.39 Å². The van der Waals surface area contributed by atoms with Crippen molar-refractivity contribution in [2.45, 2.75) is 57.4 Å². The number of benzene rings is 1. The van der Waals surface area contributed by atoms with Crippen LogP contribution in [0.2, 0.25) is 0 Å². The maximum Gasteiger partial charge on any atom is 0.222 e. The largest absolute Gasteiger partial charge is 0.369 e. The van der Waals surface area contributed by atoms with E-state index in [1.807, 2.05) is 12.1 Å². The molecule has 1 unspecified atom stereocenters. The van der Waals surface area contributed by atoms with Gasteiger partial charge in [0.25, 0.3) is 0 Å². The number of piperidine rings is 2. The molecule has 4 nitrogen and oxygen atoms in total. The number of carbonyl (C=O) groups excluding carboxylic acids is 1. The van der Waals surface area contributed by atoms with E-state index in [1.165, 1.54) is 32.2 Å². The Morgan fingerprint density at radius 1 is 0.964 bits per heavy atom. The van der Waals surface area contributed by atoms with Gasteiger partial charge in [-0.2, -0.15) is 0 Å². The van der Waals surface area contributed by atoms with Crippen LogP contribution >= 0.6 is 0 Å². The number of para-hydroxylation sites is 1. The molecule has 0 aliphatic carbocycles. The SMILES string of the molecule is O=C(CCC1CCCN(C2CCN(c3ccccc3F)CC2)C1)N1CCCC1. The Bertz CT molecular complexity index is 653. The van der Waals surface area contributed by atoms with Crippen LogP contribution < -0.4 is 4.90 Å². The third-order valence-corrected chi connectivity index (χ3v) is 6.95. The van der Waals surface area contributed by atoms with Crippen molar-refractivity contribution in [1.82, 2.24) is 9.80 Å². The summed E-state index contributed by atoms with van der Waals surface area (Å²) in [5, 5.41) is 0. The number of halogens is 1. The summed E-state index contributed by atoms with van der Waals surface area (Å²) in [7, 11) is 0. The molecule has 28 heavy (non-hydrogen) atoms. The summed E-state index contributed by atoms with van der Waals surface area (Å²) in [6.45, 7) is 6.12. The van der Waals surface area contributed by atoms with Crippen molar-refractivity contribution in [3.8, 4) is 0 Å². The zero-order chi connectivity index (χ0) is 19.3. The third kappa shape index (κ3) is 4.68. The van der Waals surface area contributed by atoms with Gasteiger partial charge in [0.2, 0.25) is 5.91 Å². The lowest BCUT2D eigenvalue weighted by atomic mass is 9.90. The predicted molar refractivity (Wildman–Crippen MR) is 111 cm³/mol. The topological polar surface area (TPSA) is 26.8 Å². The second-order valence-corrected chi connectivity index (χ2v) is 8.80. The first-order valence-corrected chi connectivity index (χ1v) is 11.2. The van der Waals surface area contributed by atoms with Gasteiger partial charge in [-0.15, -0.1) is 0 Å². The van der Waals surface area contributed by atoms with E-state index in [4.69, 9.17) is 0 Å². The van der Waals surface area contributed by atoms with E-state index in [0.717, 1.165) is 64.1 Å². The van der Waals surface area contributed by atoms with Crippen molar-refractivity contribution in [1.29, 1.82) is 0 Å². The van der Waals surface area contributed by atoms with Gasteiger partial charge < -0.3 is 9.80 Å². The standard InChI is InChI=1S/C23H34FN3O/c24-21-7-1-2-8-22(21)25-16-11-20(12-17-25)27-15-5-6-19(18-27)9-10-23(28)26-13-3-4-14-26/h1-2,7-8,19-20H,3-6,9-18H2. The molecule has 0 bridgehead atoms. The number of nitrogens with zero attached hydrogens (tertiary/aromatic N) is 3. The molecule has 1 atom stereocenters. The van der Waals surface area contributed by atoms with Crippen molar-refractivity contribution >= 4 is 11.6 Å². The molecule has 3 saturated heterocycles. The fourth-order valence-corrected chi connectivity index (χ4v) is 5.30. The summed E-state index contributed by atoms with van der Waals surface area (Å²) in [5.74, 6) is 0.916. The Balaban J connectivity index is 1.24. The summed E-state index contributed by atoms with van der Waals surface area (Å²) in [6.07, 6.45) is 8.84. The van der Waals surface area contributed by atoms with Crippen LogP contribution in [0, 0.1) is 11.7 Å². The Labute approximate surface area is 168 Å². The van der Waals surface area contributed by atoms with E-state index in [-0.39, 0.29) is 5.82 Å². The summed E-state index contributed by atoms with van der Waals surface area (Å²) in [4.78, 5) is 19.3. The molecule has 154 valence electrons. The minimum atomic E-state index is -0.110. The second-order valence-electron chi connectivity index (χ2n) is 8.80. The Hall–Kier alpha value is -1.62. The summed E-state index contributed by atoms with van der Waals surface area (Å²) in [6, 6.07) is 7.74. The van der Waals surface area contributed by atoms with Crippen LogP contribution in [0.4, 0.5) is 10.1 Å². The van der Waals surface area contributed by atoms with Crippen molar-refractivity contribution in [2.24, 2.45) is 5.92 Å². The van der Waals surface area contributed by atoms with Gasteiger partial charge in [0, 0.05) is 45.2 Å². The molecule has 0 saturated carbocycles. The van der Waals surface area contributed by atoms with Crippen molar-refractivity contribution in [2.75, 3.05) is 44.2 Å². The maximum atomic E-state index is 14.1. The molecule has 3 aliphatic rings. The highest BCUT2D eigenvalue weighted by Gasteiger charge is 2.30. The highest BCUT2D eigenvalue weighted by atomic mass is 19.1. The molecule has 5 heteroatoms. The average molecular weight is 388 g/mol. The quantitative estimate of drug-likeness (QED) is 0.766. The summed E-state index contributed by atoms with van der Waals surface area (Å²) < 4.78 is 14.1. The van der Waals surface area contributed by atoms with Crippen LogP contribution in [0.3, 0.4) is 0 Å². The molecule has 1 amide bonds. The zero-order valence-corrected chi connectivity index (χ0v) is 17.0. The predicted octanol–water partition coefficient (Wildman–Crippen LogP) is 3.91. The van der Waals surface area contributed by atoms with Gasteiger partial charge in [0.05, 0.1) is 5.69 Å². The molecule has 1 aromatic rings. The van der Waals surface area contributed by atoms with E-state index in [9.17, 15) is 9.18 Å². The first-order valence-electron chi connectivity index (χ1n) is 11.2. The lowest BCUT2D eigenvalue weighted by molar-refractivity contribution is -0.130. The molecule has 3 heterocycles. The number of hydrogen-bond donors (Lipinski definition) is 0. The zero-order valence-electron chi connectivity index (χ0n) is 17.0. The molecular weight excluding hydrogens is 353 g/mol. The Morgan fingerprint density at radius 3 is 2.46 bits per heavy atom. The van der Waals surface area contributed by atoms with Gasteiger partial charge >= 0.3 is 0 Å². The number of amides is 1. The van der Waals surface area contributed by atoms with Crippen LogP contribution in [0.5, 0.6) is 0 Å². The fraction of sp³-hybridized carbons (Fsp3) is 0.696. The minimum Gasteiger partial charge on any atom is -0.369 e. The molecule has 4 rings (SSSR count). The molecule has 3 aliphatic heterocycles. The van der Waals surface area contributed by atoms with Crippen LogP contribution in [0.1, 0.15) is 51.4 Å². The molecule has 0 radical (unpaired) electrons. The van der Waals surface area contributed by atoms with Gasteiger partial charge in [-0.3, -0.25) is 9.69 Å². The van der Waals surface area contributed by atoms with E-state index in [1.54, 1.807) is 12.1 Å². The second kappa shape index (κ2) is 9.25. The summed E-state index contributed by atoms with van der Waals surface area (Å²) in [5.41, 5.74) is 0.748. The highest BCUT2D eigenvalue weighted by Crippen LogP contribution is 2.29. The molecule has 0 spiro atoms. The molecule has 0 aromatic heterocycles. The number of rotatable bonds is 5. The lowest BCUT2D eigenvalue weighted by Crippen LogP contribution is -2.48. The van der Waals surface area contributed by atoms with Gasteiger partial charge in [0.1, 0.15) is 5.82 Å². The minimum absolute atomic E-state index is 0.110. The normalized spacial score (nSPS) is 24.7. The molecule has 3 fully saturated rings. The van der Waals surface area contributed by atoms with Crippen molar-refractivity contribution in [3.63, 3.8) is 0 Å². The Morgan fingerprint density at radius 2 is 1.71 bits per heavy atom. The smallest absolute Gasteiger partial charge is 0.222 e. The van der Waals surface area contributed by atoms with E-state index in [2.05, 4.69) is 14.7 Å². The van der Waals surface area contributed by atoms with Crippen LogP contribution in [-0.4, -0.2) is 61.0 Å². The van der Waals surface area contributed by atoms with Crippen molar-refractivity contribution in [3.05, 3.63) is 30.1 Å². The first kappa shape index (κ1) is 19.7. The van der Waals surface area contributed by atoms with Crippen LogP contribution in [0.15, 0.2) is 24.3 Å². The number of likely N-dealkylation sites (tertiary alicyclic amines) is 2. The third-order valence-electron chi connectivity index (χ3n) is 6.95. The van der Waals surface area contributed by atoms with E-state index >= 15 is 0 Å². The molecule has 1 aromatic carbocycles. The maximum absolute atomic E-state index is 14.1. The van der Waals surface area contributed by atoms with Crippen LogP contribution in [-0.2, 0) is 4.79 Å². The first-order chi connectivity index (χ1) is 13.7.